The van der Waals surface area contributed by atoms with Crippen LogP contribution in [0.25, 0.3) is 10.9 Å². The van der Waals surface area contributed by atoms with Crippen LogP contribution in [0.4, 0.5) is 5.69 Å². The summed E-state index contributed by atoms with van der Waals surface area (Å²) >= 11 is 0. The maximum absolute atomic E-state index is 11.9. The molecular weight excluding hydrogens is 230 g/mol. The van der Waals surface area contributed by atoms with Crippen molar-refractivity contribution in [1.29, 1.82) is 0 Å². The van der Waals surface area contributed by atoms with Crippen LogP contribution in [0.15, 0.2) is 27.8 Å². The van der Waals surface area contributed by atoms with Crippen LogP contribution in [0.1, 0.15) is 13.8 Å². The fourth-order valence-corrected chi connectivity index (χ4v) is 1.75. The number of nitrogens with zero attached hydrogens (tertiary/aromatic N) is 2. The molecule has 0 aliphatic carbocycles. The maximum atomic E-state index is 11.9. The zero-order valence-corrected chi connectivity index (χ0v) is 11.4. The number of nitrogens with one attached hydrogen (secondary N) is 1. The van der Waals surface area contributed by atoms with Gasteiger partial charge >= 0.3 is 5.69 Å². The van der Waals surface area contributed by atoms with Gasteiger partial charge in [0.05, 0.1) is 10.9 Å². The van der Waals surface area contributed by atoms with Crippen molar-refractivity contribution < 1.29 is 0 Å². The van der Waals surface area contributed by atoms with Crippen LogP contribution in [0.5, 0.6) is 0 Å². The standard InChI is InChI=1S/C11H13N3O2.C2H6/c1-12-7-4-5-9-8(6-7)10(15)14(3)11(16)13(9)2;1-2/h4-6,12H,1-3H3;1-2H3. The maximum Gasteiger partial charge on any atom is 0.330 e. The van der Waals surface area contributed by atoms with Gasteiger partial charge < -0.3 is 5.32 Å². The first-order chi connectivity index (χ1) is 8.56. The Bertz CT molecular complexity index is 668. The van der Waals surface area contributed by atoms with Gasteiger partial charge in [0.15, 0.2) is 0 Å². The third-order valence-electron chi connectivity index (χ3n) is 2.76. The predicted molar refractivity (Wildman–Crippen MR) is 75.3 cm³/mol. The van der Waals surface area contributed by atoms with Crippen LogP contribution in [-0.4, -0.2) is 16.2 Å². The number of hydrogen-bond acceptors (Lipinski definition) is 3. The van der Waals surface area contributed by atoms with Crippen LogP contribution in [-0.2, 0) is 14.1 Å². The lowest BCUT2D eigenvalue weighted by molar-refractivity contribution is 0.713. The quantitative estimate of drug-likeness (QED) is 0.829. The predicted octanol–water partition coefficient (Wildman–Crippen LogP) is 1.31. The van der Waals surface area contributed by atoms with E-state index in [1.54, 1.807) is 26.2 Å². The molecule has 2 aromatic rings. The van der Waals surface area contributed by atoms with E-state index >= 15 is 0 Å². The Morgan fingerprint density at radius 2 is 1.67 bits per heavy atom. The Morgan fingerprint density at radius 1 is 1.06 bits per heavy atom. The van der Waals surface area contributed by atoms with E-state index in [2.05, 4.69) is 5.32 Å². The van der Waals surface area contributed by atoms with Crippen molar-refractivity contribution in [2.24, 2.45) is 14.1 Å². The van der Waals surface area contributed by atoms with Gasteiger partial charge in [-0.1, -0.05) is 13.8 Å². The lowest BCUT2D eigenvalue weighted by Crippen LogP contribution is -2.36. The third kappa shape index (κ3) is 2.16. The van der Waals surface area contributed by atoms with Crippen LogP contribution in [0, 0.1) is 0 Å². The highest BCUT2D eigenvalue weighted by Crippen LogP contribution is 2.13. The molecule has 1 heterocycles. The monoisotopic (exact) mass is 249 g/mol. The highest BCUT2D eigenvalue weighted by Gasteiger charge is 2.07. The van der Waals surface area contributed by atoms with Gasteiger partial charge in [0.1, 0.15) is 0 Å². The number of aromatic nitrogens is 2. The molecular formula is C13H19N3O2. The van der Waals surface area contributed by atoms with E-state index in [0.717, 1.165) is 10.3 Å². The van der Waals surface area contributed by atoms with Gasteiger partial charge in [-0.2, -0.15) is 0 Å². The second-order valence-corrected chi connectivity index (χ2v) is 3.69. The number of anilines is 1. The summed E-state index contributed by atoms with van der Waals surface area (Å²) in [5.41, 5.74) is 0.917. The Hall–Kier alpha value is -2.04. The molecule has 0 bridgehead atoms. The zero-order chi connectivity index (χ0) is 13.9. The molecule has 0 aliphatic rings. The summed E-state index contributed by atoms with van der Waals surface area (Å²) in [7, 11) is 4.92. The van der Waals surface area contributed by atoms with Crippen molar-refractivity contribution in [1.82, 2.24) is 9.13 Å². The molecule has 0 amide bonds. The molecule has 5 heteroatoms. The van der Waals surface area contributed by atoms with Gasteiger partial charge in [-0.25, -0.2) is 4.79 Å². The van der Waals surface area contributed by atoms with Crippen molar-refractivity contribution in [3.05, 3.63) is 39.0 Å². The van der Waals surface area contributed by atoms with Gasteiger partial charge in [0, 0.05) is 26.8 Å². The highest BCUT2D eigenvalue weighted by atomic mass is 16.2. The van der Waals surface area contributed by atoms with E-state index in [4.69, 9.17) is 0 Å². The second-order valence-electron chi connectivity index (χ2n) is 3.69. The molecule has 2 rings (SSSR count). The summed E-state index contributed by atoms with van der Waals surface area (Å²) in [5.74, 6) is 0. The molecule has 0 aliphatic heterocycles. The van der Waals surface area contributed by atoms with Gasteiger partial charge in [-0.3, -0.25) is 13.9 Å². The molecule has 0 saturated heterocycles. The first-order valence-electron chi connectivity index (χ1n) is 5.94. The molecule has 98 valence electrons. The average Bonchev–Trinajstić information content (AvgIpc) is 2.44. The summed E-state index contributed by atoms with van der Waals surface area (Å²) in [5, 5.41) is 3.50. The number of hydrogen-bond donors (Lipinski definition) is 1. The largest absolute Gasteiger partial charge is 0.388 e. The minimum Gasteiger partial charge on any atom is -0.388 e. The average molecular weight is 249 g/mol. The summed E-state index contributed by atoms with van der Waals surface area (Å²) in [6, 6.07) is 5.35. The Morgan fingerprint density at radius 3 is 2.22 bits per heavy atom. The summed E-state index contributed by atoms with van der Waals surface area (Å²) in [4.78, 5) is 23.6. The van der Waals surface area contributed by atoms with E-state index in [0.29, 0.717) is 10.9 Å². The van der Waals surface area contributed by atoms with Crippen molar-refractivity contribution in [3.8, 4) is 0 Å². The Labute approximate surface area is 106 Å². The molecule has 1 aromatic carbocycles. The van der Waals surface area contributed by atoms with E-state index in [1.807, 2.05) is 19.9 Å². The highest BCUT2D eigenvalue weighted by molar-refractivity contribution is 5.81. The summed E-state index contributed by atoms with van der Waals surface area (Å²) < 4.78 is 2.58. The SMILES string of the molecule is CC.CNc1ccc2c(c1)c(=O)n(C)c(=O)n2C. The van der Waals surface area contributed by atoms with Crippen molar-refractivity contribution in [2.45, 2.75) is 13.8 Å². The zero-order valence-electron chi connectivity index (χ0n) is 11.4. The van der Waals surface area contributed by atoms with E-state index in [-0.39, 0.29) is 11.2 Å². The Kier molecular flexibility index (Phi) is 4.31. The first-order valence-corrected chi connectivity index (χ1v) is 5.94. The van der Waals surface area contributed by atoms with Crippen LogP contribution in [0.3, 0.4) is 0 Å². The Balaban J connectivity index is 0.000000771. The topological polar surface area (TPSA) is 56.0 Å². The minimum absolute atomic E-state index is 0.268. The molecule has 0 unspecified atom stereocenters. The van der Waals surface area contributed by atoms with Gasteiger partial charge in [-0.05, 0) is 18.2 Å². The van der Waals surface area contributed by atoms with Crippen LogP contribution >= 0.6 is 0 Å². The summed E-state index contributed by atoms with van der Waals surface area (Å²) in [6.45, 7) is 4.00. The molecule has 0 saturated carbocycles. The number of fused-ring (bicyclic) bond motifs is 1. The van der Waals surface area contributed by atoms with E-state index in [9.17, 15) is 9.59 Å². The molecule has 0 fully saturated rings. The van der Waals surface area contributed by atoms with Crippen molar-refractivity contribution >= 4 is 16.6 Å². The summed E-state index contributed by atoms with van der Waals surface area (Å²) in [6.07, 6.45) is 0. The minimum atomic E-state index is -0.310. The molecule has 0 atom stereocenters. The van der Waals surface area contributed by atoms with Crippen molar-refractivity contribution in [3.63, 3.8) is 0 Å². The number of benzene rings is 1. The molecule has 0 radical (unpaired) electrons. The fourth-order valence-electron chi connectivity index (χ4n) is 1.75. The molecule has 18 heavy (non-hydrogen) atoms. The van der Waals surface area contributed by atoms with Crippen LogP contribution < -0.4 is 16.6 Å². The smallest absolute Gasteiger partial charge is 0.330 e. The second kappa shape index (κ2) is 5.53. The number of rotatable bonds is 1. The van der Waals surface area contributed by atoms with Gasteiger partial charge in [0.25, 0.3) is 5.56 Å². The van der Waals surface area contributed by atoms with Crippen molar-refractivity contribution in [2.75, 3.05) is 12.4 Å². The normalized spacial score (nSPS) is 9.83. The molecule has 1 N–H and O–H groups in total. The van der Waals surface area contributed by atoms with E-state index < -0.39 is 0 Å². The van der Waals surface area contributed by atoms with Crippen LogP contribution in [0.2, 0.25) is 0 Å². The van der Waals surface area contributed by atoms with Gasteiger partial charge in [-0.15, -0.1) is 0 Å². The molecule has 1 aromatic heterocycles. The first kappa shape index (κ1) is 14.0. The fraction of sp³-hybridized carbons (Fsp3) is 0.385. The van der Waals surface area contributed by atoms with Gasteiger partial charge in [0.2, 0.25) is 0 Å². The number of aryl methyl sites for hydroxylation is 1. The lowest BCUT2D eigenvalue weighted by Gasteiger charge is -2.08. The molecule has 0 spiro atoms. The third-order valence-corrected chi connectivity index (χ3v) is 2.76. The van der Waals surface area contributed by atoms with E-state index in [1.165, 1.54) is 11.6 Å². The lowest BCUT2D eigenvalue weighted by atomic mass is 10.2. The molecule has 5 nitrogen and oxygen atoms in total.